The number of benzene rings is 2. The first-order valence-corrected chi connectivity index (χ1v) is 19.4. The Hall–Kier alpha value is -5.36. The van der Waals surface area contributed by atoms with Gasteiger partial charge in [-0.2, -0.15) is 18.2 Å². The van der Waals surface area contributed by atoms with E-state index in [4.69, 9.17) is 0 Å². The number of hydrogen-bond donors (Lipinski definition) is 3. The molecule has 2 aromatic heterocycles. The third-order valence-electron chi connectivity index (χ3n) is 9.89. The van der Waals surface area contributed by atoms with E-state index >= 15 is 4.39 Å². The van der Waals surface area contributed by atoms with Crippen LogP contribution in [0.25, 0.3) is 0 Å². The van der Waals surface area contributed by atoms with Crippen LogP contribution in [0.1, 0.15) is 53.9 Å². The predicted octanol–water partition coefficient (Wildman–Crippen LogP) is 5.40. The summed E-state index contributed by atoms with van der Waals surface area (Å²) in [6.07, 6.45) is 0.534. The summed E-state index contributed by atoms with van der Waals surface area (Å²) in [5.41, 5.74) is 1.88. The first-order chi connectivity index (χ1) is 26.1. The molecule has 2 aromatic carbocycles. The van der Waals surface area contributed by atoms with Crippen LogP contribution in [-0.2, 0) is 38.9 Å². The molecular formula is C37H41F4N9O4S. The molecule has 4 heterocycles. The zero-order valence-electron chi connectivity index (χ0n) is 30.4. The first-order valence-electron chi connectivity index (χ1n) is 17.6. The van der Waals surface area contributed by atoms with Gasteiger partial charge in [0.05, 0.1) is 12.2 Å². The number of amides is 2. The van der Waals surface area contributed by atoms with E-state index in [0.717, 1.165) is 47.7 Å². The van der Waals surface area contributed by atoms with Crippen LogP contribution < -0.4 is 25.2 Å². The number of pyridine rings is 1. The molecule has 0 aliphatic carbocycles. The van der Waals surface area contributed by atoms with E-state index in [1.54, 1.807) is 30.3 Å². The number of halogens is 4. The SMILES string of the molecule is CN(Cc1ccc(C2CCC(=O)NC2=O)c(F)c1)C1CCN(c2ccc(Nc3ncc(C(F)(F)F)c(NCc4cccnc4N(C)S(C)(=O)=O)n3)cc2)CC1. The molecule has 0 saturated carbocycles. The number of nitrogens with one attached hydrogen (secondary N) is 3. The number of piperidine rings is 2. The fraction of sp³-hybridized carbons (Fsp3) is 0.378. The average molecular weight is 784 g/mol. The number of hydrogen-bond acceptors (Lipinski definition) is 11. The standard InChI is InChI=1S/C37H41F4N9O4S/c1-48(22-23-6-11-28(31(38)19-23)29-12-13-32(51)46-35(29)52)26-14-17-50(18-15-26)27-9-7-25(8-10-27)45-36-44-21-30(37(39,40)41)33(47-36)43-20-24-5-4-16-42-34(24)49(2)55(3,53)54/h4-11,16,19,21,26,29H,12-15,17-18,20,22H2,1-3H3,(H,46,51,52)(H2,43,44,45,47). The summed E-state index contributed by atoms with van der Waals surface area (Å²) in [4.78, 5) is 40.2. The molecule has 0 radical (unpaired) electrons. The topological polar surface area (TPSA) is 153 Å². The maximum Gasteiger partial charge on any atom is 0.421 e. The van der Waals surface area contributed by atoms with Gasteiger partial charge >= 0.3 is 6.18 Å². The van der Waals surface area contributed by atoms with Crippen molar-refractivity contribution in [2.24, 2.45) is 0 Å². The first kappa shape index (κ1) is 39.3. The van der Waals surface area contributed by atoms with Crippen molar-refractivity contribution in [3.8, 4) is 0 Å². The molecule has 18 heteroatoms. The third kappa shape index (κ3) is 9.48. The monoisotopic (exact) mass is 783 g/mol. The lowest BCUT2D eigenvalue weighted by Gasteiger charge is -2.38. The molecule has 13 nitrogen and oxygen atoms in total. The second kappa shape index (κ2) is 16.2. The number of sulfonamides is 1. The molecule has 2 amide bonds. The Balaban J connectivity index is 1.05. The lowest BCUT2D eigenvalue weighted by molar-refractivity contribution is -0.137. The molecule has 0 spiro atoms. The van der Waals surface area contributed by atoms with Gasteiger partial charge in [0.1, 0.15) is 23.0 Å². The number of nitrogens with zero attached hydrogens (tertiary/aromatic N) is 6. The van der Waals surface area contributed by atoms with Gasteiger partial charge in [0.25, 0.3) is 0 Å². The van der Waals surface area contributed by atoms with Gasteiger partial charge in [-0.3, -0.25) is 24.1 Å². The molecule has 0 bridgehead atoms. The van der Waals surface area contributed by atoms with E-state index in [2.05, 4.69) is 40.7 Å². The van der Waals surface area contributed by atoms with Gasteiger partial charge in [-0.15, -0.1) is 0 Å². The van der Waals surface area contributed by atoms with Crippen molar-refractivity contribution in [2.75, 3.05) is 53.3 Å². The van der Waals surface area contributed by atoms with Gasteiger partial charge in [0.2, 0.25) is 27.8 Å². The molecule has 1 unspecified atom stereocenters. The minimum absolute atomic E-state index is 0.0714. The van der Waals surface area contributed by atoms with Crippen LogP contribution in [0.4, 0.5) is 46.5 Å². The van der Waals surface area contributed by atoms with Crippen LogP contribution in [-0.4, -0.2) is 79.6 Å². The smallest absolute Gasteiger partial charge is 0.371 e. The molecule has 292 valence electrons. The maximum atomic E-state index is 15.1. The van der Waals surface area contributed by atoms with Gasteiger partial charge in [-0.25, -0.2) is 22.8 Å². The highest BCUT2D eigenvalue weighted by molar-refractivity contribution is 7.92. The van der Waals surface area contributed by atoms with Crippen LogP contribution >= 0.6 is 0 Å². The number of imide groups is 1. The Labute approximate surface area is 316 Å². The maximum absolute atomic E-state index is 15.1. The Morgan fingerprint density at radius 3 is 2.38 bits per heavy atom. The molecule has 4 aromatic rings. The van der Waals surface area contributed by atoms with Crippen LogP contribution in [0.2, 0.25) is 0 Å². The van der Waals surface area contributed by atoms with Gasteiger partial charge in [0.15, 0.2) is 0 Å². The van der Waals surface area contributed by atoms with Gasteiger partial charge in [0, 0.05) is 80.6 Å². The summed E-state index contributed by atoms with van der Waals surface area (Å²) in [5.74, 6) is -2.42. The summed E-state index contributed by atoms with van der Waals surface area (Å²) in [6.45, 7) is 1.90. The predicted molar refractivity (Wildman–Crippen MR) is 200 cm³/mol. The molecule has 2 aliphatic heterocycles. The van der Waals surface area contributed by atoms with Gasteiger partial charge in [-0.1, -0.05) is 18.2 Å². The minimum atomic E-state index is -4.75. The van der Waals surface area contributed by atoms with E-state index in [0.29, 0.717) is 29.6 Å². The highest BCUT2D eigenvalue weighted by Crippen LogP contribution is 2.35. The molecular weight excluding hydrogens is 743 g/mol. The molecule has 2 saturated heterocycles. The lowest BCUT2D eigenvalue weighted by Crippen LogP contribution is -2.43. The van der Waals surface area contributed by atoms with Gasteiger partial charge < -0.3 is 15.5 Å². The number of rotatable bonds is 12. The van der Waals surface area contributed by atoms with E-state index in [1.165, 1.54) is 19.3 Å². The highest BCUT2D eigenvalue weighted by atomic mass is 32.2. The number of anilines is 5. The molecule has 2 aliphatic rings. The van der Waals surface area contributed by atoms with Crippen molar-refractivity contribution in [1.82, 2.24) is 25.2 Å². The quantitative estimate of drug-likeness (QED) is 0.125. The number of carbonyl (C=O) groups excluding carboxylic acids is 2. The summed E-state index contributed by atoms with van der Waals surface area (Å²) in [7, 11) is -0.359. The van der Waals surface area contributed by atoms with E-state index < -0.39 is 45.2 Å². The Morgan fingerprint density at radius 1 is 1.00 bits per heavy atom. The second-order valence-electron chi connectivity index (χ2n) is 13.7. The Bertz CT molecular complexity index is 2150. The fourth-order valence-electron chi connectivity index (χ4n) is 6.78. The van der Waals surface area contributed by atoms with Crippen LogP contribution in [0.5, 0.6) is 0 Å². The zero-order valence-corrected chi connectivity index (χ0v) is 31.2. The molecule has 3 N–H and O–H groups in total. The normalized spacial score (nSPS) is 16.9. The highest BCUT2D eigenvalue weighted by Gasteiger charge is 2.36. The van der Waals surface area contributed by atoms with E-state index in [9.17, 15) is 31.2 Å². The van der Waals surface area contributed by atoms with Gasteiger partial charge in [-0.05, 0) is 68.3 Å². The zero-order chi connectivity index (χ0) is 39.5. The van der Waals surface area contributed by atoms with Crippen molar-refractivity contribution in [3.05, 3.63) is 95.1 Å². The lowest BCUT2D eigenvalue weighted by atomic mass is 9.89. The van der Waals surface area contributed by atoms with Crippen LogP contribution in [0, 0.1) is 5.82 Å². The molecule has 6 rings (SSSR count). The number of alkyl halides is 3. The van der Waals surface area contributed by atoms with Crippen molar-refractivity contribution in [1.29, 1.82) is 0 Å². The molecule has 1 atom stereocenters. The summed E-state index contributed by atoms with van der Waals surface area (Å²) in [5, 5.41) is 7.93. The number of aromatic nitrogens is 3. The summed E-state index contributed by atoms with van der Waals surface area (Å²) < 4.78 is 81.9. The Morgan fingerprint density at radius 2 is 1.73 bits per heavy atom. The minimum Gasteiger partial charge on any atom is -0.371 e. The summed E-state index contributed by atoms with van der Waals surface area (Å²) in [6, 6.07) is 15.7. The van der Waals surface area contributed by atoms with Crippen molar-refractivity contribution < 1.29 is 35.6 Å². The summed E-state index contributed by atoms with van der Waals surface area (Å²) >= 11 is 0. The van der Waals surface area contributed by atoms with Crippen LogP contribution in [0.15, 0.2) is 67.0 Å². The van der Waals surface area contributed by atoms with E-state index in [1.807, 2.05) is 25.2 Å². The molecule has 2 fully saturated rings. The molecule has 55 heavy (non-hydrogen) atoms. The van der Waals surface area contributed by atoms with Crippen molar-refractivity contribution in [3.63, 3.8) is 0 Å². The number of carbonyl (C=O) groups is 2. The van der Waals surface area contributed by atoms with E-state index in [-0.39, 0.29) is 43.1 Å². The van der Waals surface area contributed by atoms with Crippen molar-refractivity contribution >= 4 is 50.8 Å². The third-order valence-corrected chi connectivity index (χ3v) is 11.1. The fourth-order valence-corrected chi connectivity index (χ4v) is 7.26. The second-order valence-corrected chi connectivity index (χ2v) is 15.7. The Kier molecular flexibility index (Phi) is 11.6. The van der Waals surface area contributed by atoms with Crippen LogP contribution in [0.3, 0.4) is 0 Å². The van der Waals surface area contributed by atoms with Crippen molar-refractivity contribution in [2.45, 2.75) is 56.9 Å². The largest absolute Gasteiger partial charge is 0.421 e. The average Bonchev–Trinajstić information content (AvgIpc) is 3.14.